The molecule has 0 amide bonds. The third-order valence-electron chi connectivity index (χ3n) is 3.91. The molecule has 1 aliphatic rings. The number of nitrogens with zero attached hydrogens (tertiary/aromatic N) is 1. The summed E-state index contributed by atoms with van der Waals surface area (Å²) in [5, 5.41) is 10.4. The van der Waals surface area contributed by atoms with Crippen molar-refractivity contribution in [3.05, 3.63) is 35.4 Å². The van der Waals surface area contributed by atoms with E-state index in [0.29, 0.717) is 12.5 Å². The smallest absolute Gasteiger partial charge is 0.0916 e. The molecule has 0 bridgehead atoms. The average Bonchev–Trinajstić information content (AvgIpc) is 2.37. The molecule has 1 heterocycles. The summed E-state index contributed by atoms with van der Waals surface area (Å²) in [6.45, 7) is 11.0. The Labute approximate surface area is 122 Å². The zero-order chi connectivity index (χ0) is 14.7. The maximum absolute atomic E-state index is 10.4. The summed E-state index contributed by atoms with van der Waals surface area (Å²) < 4.78 is 5.72. The van der Waals surface area contributed by atoms with E-state index in [2.05, 4.69) is 44.7 Å². The molecule has 3 nitrogen and oxygen atoms in total. The fraction of sp³-hybridized carbons (Fsp3) is 0.647. The molecule has 0 saturated carbocycles. The summed E-state index contributed by atoms with van der Waals surface area (Å²) in [5.74, 6) is 0.530. The summed E-state index contributed by atoms with van der Waals surface area (Å²) in [4.78, 5) is 2.29. The first-order valence-electron chi connectivity index (χ1n) is 7.61. The largest absolute Gasteiger partial charge is 0.387 e. The minimum atomic E-state index is -0.422. The lowest BCUT2D eigenvalue weighted by Gasteiger charge is -2.36. The highest BCUT2D eigenvalue weighted by molar-refractivity contribution is 5.26. The third-order valence-corrected chi connectivity index (χ3v) is 3.91. The van der Waals surface area contributed by atoms with E-state index in [1.807, 2.05) is 12.1 Å². The highest BCUT2D eigenvalue weighted by Crippen LogP contribution is 2.21. The molecule has 1 aliphatic heterocycles. The van der Waals surface area contributed by atoms with Crippen LogP contribution in [-0.4, -0.2) is 41.8 Å². The van der Waals surface area contributed by atoms with E-state index >= 15 is 0 Å². The maximum Gasteiger partial charge on any atom is 0.0916 e. The molecule has 0 aromatic heterocycles. The highest BCUT2D eigenvalue weighted by Gasteiger charge is 2.24. The number of aliphatic hydroxyl groups excluding tert-OH is 1. The molecule has 0 aliphatic carbocycles. The number of benzene rings is 1. The van der Waals surface area contributed by atoms with Crippen molar-refractivity contribution in [3.63, 3.8) is 0 Å². The molecule has 20 heavy (non-hydrogen) atoms. The number of β-amino-alcohol motifs (C(OH)–C–C–N with tert-alkyl or cyclic N) is 1. The molecule has 2 rings (SSSR count). The van der Waals surface area contributed by atoms with Gasteiger partial charge in [0.15, 0.2) is 0 Å². The molecule has 1 saturated heterocycles. The molecule has 1 aromatic carbocycles. The monoisotopic (exact) mass is 277 g/mol. The van der Waals surface area contributed by atoms with E-state index in [0.717, 1.165) is 18.7 Å². The van der Waals surface area contributed by atoms with Crippen LogP contribution in [0.5, 0.6) is 0 Å². The van der Waals surface area contributed by atoms with Gasteiger partial charge in [-0.1, -0.05) is 38.1 Å². The fourth-order valence-corrected chi connectivity index (χ4v) is 2.89. The summed E-state index contributed by atoms with van der Waals surface area (Å²) in [6, 6.07) is 8.34. The quantitative estimate of drug-likeness (QED) is 0.918. The Hall–Kier alpha value is -0.900. The number of hydrogen-bond donors (Lipinski definition) is 1. The highest BCUT2D eigenvalue weighted by atomic mass is 16.5. The first-order chi connectivity index (χ1) is 9.45. The topological polar surface area (TPSA) is 32.7 Å². The van der Waals surface area contributed by atoms with Gasteiger partial charge in [0.1, 0.15) is 0 Å². The predicted molar refractivity (Wildman–Crippen MR) is 81.9 cm³/mol. The van der Waals surface area contributed by atoms with Gasteiger partial charge in [-0.15, -0.1) is 0 Å². The van der Waals surface area contributed by atoms with E-state index in [4.69, 9.17) is 4.74 Å². The van der Waals surface area contributed by atoms with Crippen molar-refractivity contribution in [1.82, 2.24) is 4.90 Å². The maximum atomic E-state index is 10.4. The molecular formula is C17H27NO2. The van der Waals surface area contributed by atoms with Gasteiger partial charge in [0, 0.05) is 19.6 Å². The lowest BCUT2D eigenvalue weighted by molar-refractivity contribution is -0.0767. The zero-order valence-corrected chi connectivity index (χ0v) is 13.0. The van der Waals surface area contributed by atoms with E-state index in [9.17, 15) is 5.11 Å². The van der Waals surface area contributed by atoms with Crippen LogP contribution in [0.15, 0.2) is 24.3 Å². The van der Waals surface area contributed by atoms with E-state index in [1.54, 1.807) is 0 Å². The molecule has 0 spiro atoms. The number of ether oxygens (including phenoxy) is 1. The van der Waals surface area contributed by atoms with Crippen LogP contribution in [0.3, 0.4) is 0 Å². The average molecular weight is 277 g/mol. The number of aliphatic hydroxyl groups is 1. The van der Waals surface area contributed by atoms with Gasteiger partial charge >= 0.3 is 0 Å². The zero-order valence-electron chi connectivity index (χ0n) is 13.0. The first-order valence-corrected chi connectivity index (χ1v) is 7.61. The van der Waals surface area contributed by atoms with Gasteiger partial charge in [-0.3, -0.25) is 4.90 Å². The Morgan fingerprint density at radius 3 is 2.10 bits per heavy atom. The summed E-state index contributed by atoms with van der Waals surface area (Å²) in [5.41, 5.74) is 2.32. The first kappa shape index (κ1) is 15.5. The van der Waals surface area contributed by atoms with Crippen LogP contribution in [0.2, 0.25) is 0 Å². The van der Waals surface area contributed by atoms with Gasteiger partial charge in [-0.05, 0) is 30.9 Å². The summed E-state index contributed by atoms with van der Waals surface area (Å²) in [7, 11) is 0. The molecule has 1 aromatic rings. The molecule has 3 unspecified atom stereocenters. The molecule has 0 radical (unpaired) electrons. The lowest BCUT2D eigenvalue weighted by Crippen LogP contribution is -2.46. The Balaban J connectivity index is 1.95. The lowest BCUT2D eigenvalue weighted by atomic mass is 10.00. The molecule has 112 valence electrons. The minimum Gasteiger partial charge on any atom is -0.387 e. The predicted octanol–water partition coefficient (Wildman–Crippen LogP) is 2.95. The van der Waals surface area contributed by atoms with Crippen LogP contribution in [0.25, 0.3) is 0 Å². The minimum absolute atomic E-state index is 0.245. The van der Waals surface area contributed by atoms with Crippen molar-refractivity contribution in [1.29, 1.82) is 0 Å². The van der Waals surface area contributed by atoms with Crippen LogP contribution in [0, 0.1) is 0 Å². The summed E-state index contributed by atoms with van der Waals surface area (Å²) in [6.07, 6.45) is 0.0669. The van der Waals surface area contributed by atoms with Crippen molar-refractivity contribution in [2.24, 2.45) is 0 Å². The van der Waals surface area contributed by atoms with Gasteiger partial charge < -0.3 is 9.84 Å². The van der Waals surface area contributed by atoms with Gasteiger partial charge in [-0.2, -0.15) is 0 Å². The van der Waals surface area contributed by atoms with Crippen molar-refractivity contribution in [3.8, 4) is 0 Å². The molecule has 1 fully saturated rings. The SMILES string of the molecule is CC1CN(CC(O)c2ccc(C(C)C)cc2)CC(C)O1. The number of morpholine rings is 1. The van der Waals surface area contributed by atoms with Crippen LogP contribution in [-0.2, 0) is 4.74 Å². The van der Waals surface area contributed by atoms with Crippen LogP contribution >= 0.6 is 0 Å². The Morgan fingerprint density at radius 2 is 1.60 bits per heavy atom. The fourth-order valence-electron chi connectivity index (χ4n) is 2.89. The second kappa shape index (κ2) is 6.70. The number of rotatable bonds is 4. The van der Waals surface area contributed by atoms with Crippen molar-refractivity contribution in [2.75, 3.05) is 19.6 Å². The van der Waals surface area contributed by atoms with Crippen LogP contribution in [0.1, 0.15) is 50.8 Å². The second-order valence-corrected chi connectivity index (χ2v) is 6.31. The van der Waals surface area contributed by atoms with Gasteiger partial charge in [0.2, 0.25) is 0 Å². The van der Waals surface area contributed by atoms with Crippen LogP contribution < -0.4 is 0 Å². The third kappa shape index (κ3) is 4.05. The molecule has 3 heteroatoms. The van der Waals surface area contributed by atoms with Crippen LogP contribution in [0.4, 0.5) is 0 Å². The van der Waals surface area contributed by atoms with Crippen molar-refractivity contribution in [2.45, 2.75) is 51.9 Å². The Bertz CT molecular complexity index is 406. The van der Waals surface area contributed by atoms with Crippen molar-refractivity contribution >= 4 is 0 Å². The van der Waals surface area contributed by atoms with Crippen molar-refractivity contribution < 1.29 is 9.84 Å². The van der Waals surface area contributed by atoms with Gasteiger partial charge in [-0.25, -0.2) is 0 Å². The molecular weight excluding hydrogens is 250 g/mol. The van der Waals surface area contributed by atoms with E-state index in [1.165, 1.54) is 5.56 Å². The number of hydrogen-bond acceptors (Lipinski definition) is 3. The van der Waals surface area contributed by atoms with E-state index in [-0.39, 0.29) is 12.2 Å². The standard InChI is InChI=1S/C17H27NO2/c1-12(2)15-5-7-16(8-6-15)17(19)11-18-9-13(3)20-14(4)10-18/h5-8,12-14,17,19H,9-11H2,1-4H3. The van der Waals surface area contributed by atoms with E-state index < -0.39 is 6.10 Å². The second-order valence-electron chi connectivity index (χ2n) is 6.31. The molecule has 1 N–H and O–H groups in total. The molecule has 3 atom stereocenters. The van der Waals surface area contributed by atoms with Gasteiger partial charge in [0.25, 0.3) is 0 Å². The Kier molecular flexibility index (Phi) is 5.19. The summed E-state index contributed by atoms with van der Waals surface area (Å²) >= 11 is 0. The normalized spacial score (nSPS) is 25.9. The van der Waals surface area contributed by atoms with Gasteiger partial charge in [0.05, 0.1) is 18.3 Å². The Morgan fingerprint density at radius 1 is 1.10 bits per heavy atom.